The fourth-order valence-electron chi connectivity index (χ4n) is 1.60. The van der Waals surface area contributed by atoms with Crippen LogP contribution in [-0.2, 0) is 4.79 Å². The minimum absolute atomic E-state index is 0.393. The molecule has 7 heteroatoms. The third-order valence-electron chi connectivity index (χ3n) is 2.85. The van der Waals surface area contributed by atoms with Gasteiger partial charge in [-0.15, -0.1) is 11.3 Å². The number of nitrogens with one attached hydrogen (secondary N) is 1. The van der Waals surface area contributed by atoms with Crippen molar-refractivity contribution in [1.82, 2.24) is 15.3 Å². The fraction of sp³-hybridized carbons (Fsp3) is 0.286. The number of nitrogens with zero attached hydrogens (tertiary/aromatic N) is 2. The van der Waals surface area contributed by atoms with E-state index < -0.39 is 17.4 Å². The Kier molecular flexibility index (Phi) is 4.04. The van der Waals surface area contributed by atoms with Gasteiger partial charge in [-0.25, -0.2) is 9.78 Å². The van der Waals surface area contributed by atoms with Gasteiger partial charge < -0.3 is 10.4 Å². The SMILES string of the molecule is Cc1nc(-c2ccccn2)sc1C(=O)NC(C)(C)C(=O)O. The Hall–Kier alpha value is -2.28. The molecule has 0 atom stereocenters. The van der Waals surface area contributed by atoms with E-state index in [0.717, 1.165) is 0 Å². The summed E-state index contributed by atoms with van der Waals surface area (Å²) >= 11 is 1.19. The van der Waals surface area contributed by atoms with E-state index in [1.165, 1.54) is 25.2 Å². The Balaban J connectivity index is 2.28. The number of rotatable bonds is 4. The van der Waals surface area contributed by atoms with Crippen LogP contribution in [0, 0.1) is 6.92 Å². The molecule has 0 spiro atoms. The maximum atomic E-state index is 12.2. The van der Waals surface area contributed by atoms with Crippen LogP contribution in [0.1, 0.15) is 29.2 Å². The van der Waals surface area contributed by atoms with Gasteiger partial charge in [0.15, 0.2) is 0 Å². The smallest absolute Gasteiger partial charge is 0.328 e. The zero-order valence-electron chi connectivity index (χ0n) is 11.9. The van der Waals surface area contributed by atoms with Crippen LogP contribution in [0.3, 0.4) is 0 Å². The van der Waals surface area contributed by atoms with Gasteiger partial charge in [-0.2, -0.15) is 0 Å². The topological polar surface area (TPSA) is 92.2 Å². The Labute approximate surface area is 125 Å². The highest BCUT2D eigenvalue weighted by molar-refractivity contribution is 7.17. The zero-order chi connectivity index (χ0) is 15.6. The van der Waals surface area contributed by atoms with Crippen LogP contribution >= 0.6 is 11.3 Å². The Morgan fingerprint density at radius 1 is 1.33 bits per heavy atom. The Morgan fingerprint density at radius 3 is 2.62 bits per heavy atom. The van der Waals surface area contributed by atoms with Crippen molar-refractivity contribution in [2.75, 3.05) is 0 Å². The van der Waals surface area contributed by atoms with Crippen molar-refractivity contribution >= 4 is 23.2 Å². The maximum Gasteiger partial charge on any atom is 0.328 e. The van der Waals surface area contributed by atoms with Crippen LogP contribution in [0.4, 0.5) is 0 Å². The molecule has 2 heterocycles. The quantitative estimate of drug-likeness (QED) is 0.902. The number of carboxylic acid groups (broad SMARTS) is 1. The van der Waals surface area contributed by atoms with E-state index in [0.29, 0.717) is 21.3 Å². The molecule has 0 aliphatic heterocycles. The molecule has 6 nitrogen and oxygen atoms in total. The highest BCUT2D eigenvalue weighted by atomic mass is 32.1. The molecule has 21 heavy (non-hydrogen) atoms. The van der Waals surface area contributed by atoms with Gasteiger partial charge in [0.1, 0.15) is 15.4 Å². The second-order valence-corrected chi connectivity index (χ2v) is 6.03. The summed E-state index contributed by atoms with van der Waals surface area (Å²) in [6, 6.07) is 5.44. The average molecular weight is 305 g/mol. The molecule has 0 fully saturated rings. The molecule has 0 aliphatic rings. The first kappa shape index (κ1) is 15.1. The largest absolute Gasteiger partial charge is 0.480 e. The van der Waals surface area contributed by atoms with Gasteiger partial charge in [0.25, 0.3) is 5.91 Å². The fourth-order valence-corrected chi connectivity index (χ4v) is 2.54. The molecule has 0 aliphatic carbocycles. The van der Waals surface area contributed by atoms with Gasteiger partial charge in [0.05, 0.1) is 11.4 Å². The molecule has 2 aromatic heterocycles. The van der Waals surface area contributed by atoms with E-state index in [9.17, 15) is 9.59 Å². The molecule has 0 aromatic carbocycles. The van der Waals surface area contributed by atoms with Crippen LogP contribution in [0.2, 0.25) is 0 Å². The van der Waals surface area contributed by atoms with Gasteiger partial charge in [-0.3, -0.25) is 9.78 Å². The molecule has 0 unspecified atom stereocenters. The summed E-state index contributed by atoms with van der Waals surface area (Å²) in [6.07, 6.45) is 1.65. The van der Waals surface area contributed by atoms with Gasteiger partial charge in [0.2, 0.25) is 0 Å². The van der Waals surface area contributed by atoms with Crippen LogP contribution < -0.4 is 5.32 Å². The first-order valence-electron chi connectivity index (χ1n) is 6.26. The highest BCUT2D eigenvalue weighted by Gasteiger charge is 2.30. The van der Waals surface area contributed by atoms with Crippen molar-refractivity contribution in [3.8, 4) is 10.7 Å². The molecule has 2 rings (SSSR count). The molecule has 1 amide bonds. The molecule has 0 saturated heterocycles. The van der Waals surface area contributed by atoms with E-state index in [4.69, 9.17) is 5.11 Å². The number of carbonyl (C=O) groups excluding carboxylic acids is 1. The van der Waals surface area contributed by atoms with Crippen molar-refractivity contribution in [2.45, 2.75) is 26.3 Å². The summed E-state index contributed by atoms with van der Waals surface area (Å²) in [7, 11) is 0. The first-order valence-corrected chi connectivity index (χ1v) is 7.07. The summed E-state index contributed by atoms with van der Waals surface area (Å²) in [6.45, 7) is 4.58. The van der Waals surface area contributed by atoms with Crippen molar-refractivity contribution < 1.29 is 14.7 Å². The predicted octanol–water partition coefficient (Wildman–Crippen LogP) is 2.11. The third kappa shape index (κ3) is 3.25. The lowest BCUT2D eigenvalue weighted by Gasteiger charge is -2.20. The monoisotopic (exact) mass is 305 g/mol. The van der Waals surface area contributed by atoms with Crippen molar-refractivity contribution in [1.29, 1.82) is 0 Å². The molecular weight excluding hydrogens is 290 g/mol. The lowest BCUT2D eigenvalue weighted by molar-refractivity contribution is -0.143. The van der Waals surface area contributed by atoms with Crippen LogP contribution in [0.5, 0.6) is 0 Å². The lowest BCUT2D eigenvalue weighted by Crippen LogP contribution is -2.49. The van der Waals surface area contributed by atoms with Gasteiger partial charge in [-0.1, -0.05) is 6.07 Å². The number of aromatic nitrogens is 2. The third-order valence-corrected chi connectivity index (χ3v) is 4.03. The second kappa shape index (κ2) is 5.61. The molecular formula is C14H15N3O3S. The highest BCUT2D eigenvalue weighted by Crippen LogP contribution is 2.26. The van der Waals surface area contributed by atoms with Gasteiger partial charge >= 0.3 is 5.97 Å². The number of pyridine rings is 1. The first-order chi connectivity index (χ1) is 9.81. The number of carbonyl (C=O) groups is 2. The summed E-state index contributed by atoms with van der Waals surface area (Å²) in [5, 5.41) is 12.2. The second-order valence-electron chi connectivity index (χ2n) is 5.03. The van der Waals surface area contributed by atoms with Gasteiger partial charge in [-0.05, 0) is 32.9 Å². The van der Waals surface area contributed by atoms with E-state index in [1.807, 2.05) is 6.07 Å². The molecule has 0 radical (unpaired) electrons. The molecule has 0 saturated carbocycles. The van der Waals surface area contributed by atoms with Gasteiger partial charge in [0, 0.05) is 6.20 Å². The molecule has 110 valence electrons. The molecule has 2 N–H and O–H groups in total. The summed E-state index contributed by atoms with van der Waals surface area (Å²) in [5.41, 5.74) is -0.0972. The summed E-state index contributed by atoms with van der Waals surface area (Å²) in [4.78, 5) is 32.2. The number of amides is 1. The standard InChI is InChI=1S/C14H15N3O3S/c1-8-10(11(18)17-14(2,3)13(19)20)21-12(16-8)9-6-4-5-7-15-9/h4-7H,1-3H3,(H,17,18)(H,19,20). The molecule has 2 aromatic rings. The van der Waals surface area contributed by atoms with Crippen LogP contribution in [-0.4, -0.2) is 32.5 Å². The van der Waals surface area contributed by atoms with E-state index >= 15 is 0 Å². The number of carboxylic acids is 1. The van der Waals surface area contributed by atoms with Crippen LogP contribution in [0.25, 0.3) is 10.7 Å². The summed E-state index contributed by atoms with van der Waals surface area (Å²) in [5.74, 6) is -1.54. The van der Waals surface area contributed by atoms with Crippen molar-refractivity contribution in [3.63, 3.8) is 0 Å². The number of thiazole rings is 1. The Bertz CT molecular complexity index is 680. The zero-order valence-corrected chi connectivity index (χ0v) is 12.7. The predicted molar refractivity (Wildman–Crippen MR) is 79.3 cm³/mol. The van der Waals surface area contributed by atoms with E-state index in [1.54, 1.807) is 25.3 Å². The minimum Gasteiger partial charge on any atom is -0.480 e. The number of hydrogen-bond donors (Lipinski definition) is 2. The normalized spacial score (nSPS) is 11.2. The number of aliphatic carboxylic acids is 1. The van der Waals surface area contributed by atoms with Crippen molar-refractivity contribution in [2.24, 2.45) is 0 Å². The molecule has 0 bridgehead atoms. The number of hydrogen-bond acceptors (Lipinski definition) is 5. The Morgan fingerprint density at radius 2 is 2.05 bits per heavy atom. The minimum atomic E-state index is -1.33. The number of aryl methyl sites for hydroxylation is 1. The van der Waals surface area contributed by atoms with E-state index in [-0.39, 0.29) is 0 Å². The average Bonchev–Trinajstić information content (AvgIpc) is 2.81. The lowest BCUT2D eigenvalue weighted by atomic mass is 10.1. The van der Waals surface area contributed by atoms with Crippen LogP contribution in [0.15, 0.2) is 24.4 Å². The van der Waals surface area contributed by atoms with Crippen molar-refractivity contribution in [3.05, 3.63) is 35.0 Å². The summed E-state index contributed by atoms with van der Waals surface area (Å²) < 4.78 is 0. The maximum absolute atomic E-state index is 12.2. The van der Waals surface area contributed by atoms with E-state index in [2.05, 4.69) is 15.3 Å².